The van der Waals surface area contributed by atoms with Crippen LogP contribution in [0.2, 0.25) is 0 Å². The summed E-state index contributed by atoms with van der Waals surface area (Å²) in [5, 5.41) is 11.3. The predicted octanol–water partition coefficient (Wildman–Crippen LogP) is 4.67. The maximum Gasteiger partial charge on any atom is 0.338 e. The predicted molar refractivity (Wildman–Crippen MR) is 134 cm³/mol. The van der Waals surface area contributed by atoms with Crippen LogP contribution < -0.4 is 9.64 Å². The molecule has 2 aromatic carbocycles. The average molecular weight is 487 g/mol. The molecule has 0 saturated carbocycles. The number of nitrogens with zero attached hydrogens (tertiary/aromatic N) is 2. The minimum Gasteiger partial charge on any atom is -0.507 e. The number of aromatic nitrogens is 1. The second kappa shape index (κ2) is 10.4. The number of anilines is 1. The molecular weight excluding hydrogens is 460 g/mol. The summed E-state index contributed by atoms with van der Waals surface area (Å²) >= 11 is 0. The number of aliphatic hydroxyl groups excluding tert-OH is 1. The van der Waals surface area contributed by atoms with Gasteiger partial charge in [-0.05, 0) is 62.7 Å². The molecule has 1 aliphatic heterocycles. The molecule has 0 spiro atoms. The van der Waals surface area contributed by atoms with E-state index in [-0.39, 0.29) is 23.0 Å². The van der Waals surface area contributed by atoms with Crippen LogP contribution in [0, 0.1) is 0 Å². The zero-order chi connectivity index (χ0) is 25.8. The SMILES string of the molecule is CCOc1cccc(/C(O)=C2\C(=O)C(=O)N(c3cccc(C(=O)OC(C)C)c3)C2c2cccnc2)c1. The summed E-state index contributed by atoms with van der Waals surface area (Å²) in [6.07, 6.45) is 2.78. The van der Waals surface area contributed by atoms with Gasteiger partial charge in [0.15, 0.2) is 0 Å². The van der Waals surface area contributed by atoms with Crippen molar-refractivity contribution < 1.29 is 29.0 Å². The van der Waals surface area contributed by atoms with Crippen molar-refractivity contribution in [3.8, 4) is 5.75 Å². The maximum absolute atomic E-state index is 13.3. The molecule has 1 unspecified atom stereocenters. The molecule has 0 bridgehead atoms. The standard InChI is InChI=1S/C28H26N2O6/c1-4-35-22-12-6-8-18(15-22)25(31)23-24(20-10-7-13-29-16-20)30(27(33)26(23)32)21-11-5-9-19(14-21)28(34)36-17(2)3/h5-17,24,31H,4H2,1-3H3/b25-23+. The number of ether oxygens (including phenoxy) is 2. The van der Waals surface area contributed by atoms with E-state index >= 15 is 0 Å². The number of carbonyl (C=O) groups is 3. The first-order chi connectivity index (χ1) is 17.3. The van der Waals surface area contributed by atoms with Crippen molar-refractivity contribution in [1.82, 2.24) is 4.98 Å². The van der Waals surface area contributed by atoms with E-state index in [0.29, 0.717) is 29.2 Å². The van der Waals surface area contributed by atoms with E-state index in [4.69, 9.17) is 9.47 Å². The summed E-state index contributed by atoms with van der Waals surface area (Å²) in [6.45, 7) is 5.75. The maximum atomic E-state index is 13.3. The molecular formula is C28H26N2O6. The van der Waals surface area contributed by atoms with Crippen molar-refractivity contribution >= 4 is 29.1 Å². The normalized spacial score (nSPS) is 16.9. The van der Waals surface area contributed by atoms with Gasteiger partial charge in [-0.15, -0.1) is 0 Å². The quantitative estimate of drug-likeness (QED) is 0.224. The minimum atomic E-state index is -0.967. The van der Waals surface area contributed by atoms with Gasteiger partial charge in [0.1, 0.15) is 11.5 Å². The molecule has 8 nitrogen and oxygen atoms in total. The van der Waals surface area contributed by atoms with Crippen molar-refractivity contribution in [2.75, 3.05) is 11.5 Å². The van der Waals surface area contributed by atoms with Gasteiger partial charge in [-0.2, -0.15) is 0 Å². The highest BCUT2D eigenvalue weighted by molar-refractivity contribution is 6.51. The molecule has 1 amide bonds. The molecule has 1 N–H and O–H groups in total. The fourth-order valence-corrected chi connectivity index (χ4v) is 4.07. The molecule has 184 valence electrons. The summed E-state index contributed by atoms with van der Waals surface area (Å²) in [5.74, 6) is -2.04. The van der Waals surface area contributed by atoms with Crippen molar-refractivity contribution in [1.29, 1.82) is 0 Å². The third-order valence-electron chi connectivity index (χ3n) is 5.57. The number of Topliss-reactive ketones (excluding diaryl/α,β-unsaturated/α-hetero) is 1. The van der Waals surface area contributed by atoms with Crippen LogP contribution in [-0.4, -0.2) is 40.5 Å². The van der Waals surface area contributed by atoms with E-state index in [1.54, 1.807) is 74.6 Å². The topological polar surface area (TPSA) is 106 Å². The van der Waals surface area contributed by atoms with Gasteiger partial charge in [-0.25, -0.2) is 4.79 Å². The Labute approximate surface area is 208 Å². The molecule has 1 aliphatic rings. The summed E-state index contributed by atoms with van der Waals surface area (Å²) in [7, 11) is 0. The number of pyridine rings is 1. The number of rotatable bonds is 7. The lowest BCUT2D eigenvalue weighted by Gasteiger charge is -2.25. The van der Waals surface area contributed by atoms with Gasteiger partial charge in [0.05, 0.1) is 29.9 Å². The number of amides is 1. The second-order valence-corrected chi connectivity index (χ2v) is 8.42. The van der Waals surface area contributed by atoms with Gasteiger partial charge in [0, 0.05) is 23.6 Å². The van der Waals surface area contributed by atoms with Gasteiger partial charge in [-0.1, -0.05) is 24.3 Å². The molecule has 4 rings (SSSR count). The highest BCUT2D eigenvalue weighted by Crippen LogP contribution is 2.42. The molecule has 0 aliphatic carbocycles. The number of esters is 1. The number of hydrogen-bond acceptors (Lipinski definition) is 7. The highest BCUT2D eigenvalue weighted by Gasteiger charge is 2.47. The van der Waals surface area contributed by atoms with Gasteiger partial charge >= 0.3 is 5.97 Å². The molecule has 1 aromatic heterocycles. The Morgan fingerprint density at radius 2 is 1.81 bits per heavy atom. The van der Waals surface area contributed by atoms with Gasteiger partial charge in [-0.3, -0.25) is 19.5 Å². The summed E-state index contributed by atoms with van der Waals surface area (Å²) in [4.78, 5) is 44.6. The van der Waals surface area contributed by atoms with Crippen LogP contribution in [0.15, 0.2) is 78.6 Å². The first kappa shape index (κ1) is 24.7. The molecule has 8 heteroatoms. The van der Waals surface area contributed by atoms with Crippen LogP contribution in [0.4, 0.5) is 5.69 Å². The summed E-state index contributed by atoms with van der Waals surface area (Å²) in [6, 6.07) is 15.4. The van der Waals surface area contributed by atoms with Crippen molar-refractivity contribution in [2.45, 2.75) is 32.9 Å². The monoisotopic (exact) mass is 486 g/mol. The van der Waals surface area contributed by atoms with Crippen LogP contribution in [0.3, 0.4) is 0 Å². The Hall–Kier alpha value is -4.46. The zero-order valence-corrected chi connectivity index (χ0v) is 20.2. The lowest BCUT2D eigenvalue weighted by Crippen LogP contribution is -2.29. The van der Waals surface area contributed by atoms with Crippen molar-refractivity contribution in [2.24, 2.45) is 0 Å². The van der Waals surface area contributed by atoms with Crippen LogP contribution >= 0.6 is 0 Å². The second-order valence-electron chi connectivity index (χ2n) is 8.42. The zero-order valence-electron chi connectivity index (χ0n) is 20.2. The molecule has 1 atom stereocenters. The molecule has 2 heterocycles. The fourth-order valence-electron chi connectivity index (χ4n) is 4.07. The molecule has 3 aromatic rings. The van der Waals surface area contributed by atoms with Crippen LogP contribution in [-0.2, 0) is 14.3 Å². The average Bonchev–Trinajstić information content (AvgIpc) is 3.14. The number of hydrogen-bond donors (Lipinski definition) is 1. The van der Waals surface area contributed by atoms with E-state index in [0.717, 1.165) is 0 Å². The largest absolute Gasteiger partial charge is 0.507 e. The van der Waals surface area contributed by atoms with Crippen LogP contribution in [0.5, 0.6) is 5.75 Å². The van der Waals surface area contributed by atoms with Gasteiger partial charge in [0.2, 0.25) is 0 Å². The Kier molecular flexibility index (Phi) is 7.15. The smallest absolute Gasteiger partial charge is 0.338 e. The number of ketones is 1. The Balaban J connectivity index is 1.86. The molecule has 1 fully saturated rings. The molecule has 0 radical (unpaired) electrons. The third kappa shape index (κ3) is 4.84. The third-order valence-corrected chi connectivity index (χ3v) is 5.57. The Morgan fingerprint density at radius 1 is 1.06 bits per heavy atom. The Morgan fingerprint density at radius 3 is 2.50 bits per heavy atom. The first-order valence-electron chi connectivity index (χ1n) is 11.6. The lowest BCUT2D eigenvalue weighted by atomic mass is 9.96. The first-order valence-corrected chi connectivity index (χ1v) is 11.6. The number of aliphatic hydroxyl groups is 1. The fraction of sp³-hybridized carbons (Fsp3) is 0.214. The summed E-state index contributed by atoms with van der Waals surface area (Å²) < 4.78 is 10.8. The van der Waals surface area contributed by atoms with E-state index in [1.807, 2.05) is 6.92 Å². The number of carbonyl (C=O) groups excluding carboxylic acids is 3. The van der Waals surface area contributed by atoms with E-state index in [1.165, 1.54) is 17.2 Å². The highest BCUT2D eigenvalue weighted by atomic mass is 16.5. The van der Waals surface area contributed by atoms with E-state index in [9.17, 15) is 19.5 Å². The molecule has 1 saturated heterocycles. The molecule has 36 heavy (non-hydrogen) atoms. The minimum absolute atomic E-state index is 0.0863. The van der Waals surface area contributed by atoms with Gasteiger partial charge in [0.25, 0.3) is 11.7 Å². The van der Waals surface area contributed by atoms with Crippen LogP contribution in [0.25, 0.3) is 5.76 Å². The summed E-state index contributed by atoms with van der Waals surface area (Å²) in [5.41, 5.74) is 1.32. The van der Waals surface area contributed by atoms with Gasteiger partial charge < -0.3 is 14.6 Å². The Bertz CT molecular complexity index is 1330. The number of benzene rings is 2. The van der Waals surface area contributed by atoms with E-state index in [2.05, 4.69) is 4.98 Å². The van der Waals surface area contributed by atoms with E-state index < -0.39 is 23.7 Å². The van der Waals surface area contributed by atoms with Crippen LogP contribution in [0.1, 0.15) is 48.3 Å². The lowest BCUT2D eigenvalue weighted by molar-refractivity contribution is -0.132. The van der Waals surface area contributed by atoms with Crippen molar-refractivity contribution in [3.05, 3.63) is 95.3 Å². The van der Waals surface area contributed by atoms with Crippen molar-refractivity contribution in [3.63, 3.8) is 0 Å².